The van der Waals surface area contributed by atoms with E-state index in [4.69, 9.17) is 14.2 Å². The molecule has 0 aliphatic heterocycles. The van der Waals surface area contributed by atoms with E-state index in [0.717, 1.165) is 23.6 Å². The van der Waals surface area contributed by atoms with Crippen molar-refractivity contribution in [1.29, 1.82) is 0 Å². The van der Waals surface area contributed by atoms with Crippen LogP contribution in [0.5, 0.6) is 0 Å². The first-order valence-electron chi connectivity index (χ1n) is 6.15. The van der Waals surface area contributed by atoms with Crippen molar-refractivity contribution in [3.05, 3.63) is 11.4 Å². The first-order valence-corrected chi connectivity index (χ1v) is 6.15. The Morgan fingerprint density at radius 2 is 1.72 bits per heavy atom. The Balaban J connectivity index is 1.96. The first kappa shape index (κ1) is 14.9. The van der Waals surface area contributed by atoms with Gasteiger partial charge in [-0.2, -0.15) is 5.10 Å². The molecule has 1 aromatic heterocycles. The van der Waals surface area contributed by atoms with Gasteiger partial charge in [0.05, 0.1) is 50.1 Å². The quantitative estimate of drug-likeness (QED) is 0.615. The number of anilines is 1. The van der Waals surface area contributed by atoms with Gasteiger partial charge < -0.3 is 19.5 Å². The molecule has 0 bridgehead atoms. The molecule has 1 aromatic rings. The van der Waals surface area contributed by atoms with Crippen molar-refractivity contribution in [1.82, 2.24) is 10.2 Å². The van der Waals surface area contributed by atoms with Gasteiger partial charge in [0.1, 0.15) is 0 Å². The normalized spacial score (nSPS) is 10.8. The highest BCUT2D eigenvalue weighted by Crippen LogP contribution is 2.14. The van der Waals surface area contributed by atoms with Crippen LogP contribution in [0.4, 0.5) is 5.69 Å². The van der Waals surface area contributed by atoms with E-state index in [9.17, 15) is 0 Å². The summed E-state index contributed by atoms with van der Waals surface area (Å²) in [6.07, 6.45) is 0. The van der Waals surface area contributed by atoms with Crippen LogP contribution >= 0.6 is 0 Å². The molecule has 1 heterocycles. The predicted molar refractivity (Wildman–Crippen MR) is 70.1 cm³/mol. The van der Waals surface area contributed by atoms with Gasteiger partial charge in [-0.1, -0.05) is 0 Å². The van der Waals surface area contributed by atoms with Gasteiger partial charge in [0.25, 0.3) is 0 Å². The fourth-order valence-corrected chi connectivity index (χ4v) is 1.52. The first-order chi connectivity index (χ1) is 8.75. The highest BCUT2D eigenvalue weighted by Gasteiger charge is 2.04. The SMILES string of the molecule is COCCOCCOCCNc1c(C)n[nH]c1C. The maximum atomic E-state index is 5.43. The van der Waals surface area contributed by atoms with Gasteiger partial charge in [-0.05, 0) is 13.8 Å². The maximum absolute atomic E-state index is 5.43. The van der Waals surface area contributed by atoms with Crippen molar-refractivity contribution < 1.29 is 14.2 Å². The number of nitrogens with one attached hydrogen (secondary N) is 2. The number of aryl methyl sites for hydroxylation is 2. The molecule has 1 rings (SSSR count). The zero-order chi connectivity index (χ0) is 13.2. The third-order valence-electron chi connectivity index (χ3n) is 2.48. The molecule has 0 atom stereocenters. The fraction of sp³-hybridized carbons (Fsp3) is 0.750. The van der Waals surface area contributed by atoms with Crippen molar-refractivity contribution >= 4 is 5.69 Å². The van der Waals surface area contributed by atoms with Crippen molar-refractivity contribution in [2.24, 2.45) is 0 Å². The number of nitrogens with zero attached hydrogens (tertiary/aromatic N) is 1. The molecule has 104 valence electrons. The van der Waals surface area contributed by atoms with Gasteiger partial charge in [0, 0.05) is 13.7 Å². The summed E-state index contributed by atoms with van der Waals surface area (Å²) >= 11 is 0. The third kappa shape index (κ3) is 5.48. The molecule has 0 amide bonds. The second-order valence-electron chi connectivity index (χ2n) is 3.95. The minimum absolute atomic E-state index is 0.604. The molecule has 0 aliphatic rings. The second-order valence-corrected chi connectivity index (χ2v) is 3.95. The number of aromatic nitrogens is 2. The van der Waals surface area contributed by atoms with Gasteiger partial charge >= 0.3 is 0 Å². The Morgan fingerprint density at radius 1 is 1.06 bits per heavy atom. The summed E-state index contributed by atoms with van der Waals surface area (Å²) in [4.78, 5) is 0. The van der Waals surface area contributed by atoms with Crippen LogP contribution in [0.1, 0.15) is 11.4 Å². The third-order valence-corrected chi connectivity index (χ3v) is 2.48. The summed E-state index contributed by atoms with van der Waals surface area (Å²) in [6, 6.07) is 0. The zero-order valence-corrected chi connectivity index (χ0v) is 11.4. The lowest BCUT2D eigenvalue weighted by atomic mass is 10.3. The summed E-state index contributed by atoms with van der Waals surface area (Å²) in [5.74, 6) is 0. The molecule has 0 unspecified atom stereocenters. The van der Waals surface area contributed by atoms with Crippen LogP contribution in [0.25, 0.3) is 0 Å². The minimum Gasteiger partial charge on any atom is -0.382 e. The van der Waals surface area contributed by atoms with E-state index >= 15 is 0 Å². The molecule has 0 aromatic carbocycles. The summed E-state index contributed by atoms with van der Waals surface area (Å²) in [5.41, 5.74) is 3.10. The number of hydrogen-bond acceptors (Lipinski definition) is 5. The van der Waals surface area contributed by atoms with Crippen LogP contribution in [0.2, 0.25) is 0 Å². The maximum Gasteiger partial charge on any atom is 0.0825 e. The molecule has 0 spiro atoms. The lowest BCUT2D eigenvalue weighted by Gasteiger charge is -2.08. The van der Waals surface area contributed by atoms with Crippen LogP contribution in [0.3, 0.4) is 0 Å². The molecule has 0 fully saturated rings. The molecular weight excluding hydrogens is 234 g/mol. The Bertz CT molecular complexity index is 309. The van der Waals surface area contributed by atoms with Gasteiger partial charge in [0.2, 0.25) is 0 Å². The Labute approximate surface area is 108 Å². The molecule has 6 nitrogen and oxygen atoms in total. The smallest absolute Gasteiger partial charge is 0.0825 e. The van der Waals surface area contributed by atoms with Crippen molar-refractivity contribution in [3.63, 3.8) is 0 Å². The lowest BCUT2D eigenvalue weighted by molar-refractivity contribution is 0.0272. The lowest BCUT2D eigenvalue weighted by Crippen LogP contribution is -2.14. The molecular formula is C12H23N3O3. The number of ether oxygens (including phenoxy) is 3. The highest BCUT2D eigenvalue weighted by molar-refractivity contribution is 5.51. The number of rotatable bonds is 10. The van der Waals surface area contributed by atoms with Crippen molar-refractivity contribution in [2.75, 3.05) is 52.0 Å². The number of hydrogen-bond donors (Lipinski definition) is 2. The average molecular weight is 257 g/mol. The molecule has 0 saturated heterocycles. The van der Waals surface area contributed by atoms with E-state index in [2.05, 4.69) is 15.5 Å². The summed E-state index contributed by atoms with van der Waals surface area (Å²) < 4.78 is 15.6. The fourth-order valence-electron chi connectivity index (χ4n) is 1.52. The van der Waals surface area contributed by atoms with Gasteiger partial charge in [-0.3, -0.25) is 5.10 Å². The van der Waals surface area contributed by atoms with E-state index in [1.165, 1.54) is 0 Å². The monoisotopic (exact) mass is 257 g/mol. The van der Waals surface area contributed by atoms with Crippen molar-refractivity contribution in [3.8, 4) is 0 Å². The van der Waals surface area contributed by atoms with E-state index in [1.807, 2.05) is 13.8 Å². The molecule has 0 aliphatic carbocycles. The van der Waals surface area contributed by atoms with E-state index < -0.39 is 0 Å². The predicted octanol–water partition coefficient (Wildman–Crippen LogP) is 1.12. The Hall–Kier alpha value is -1.11. The highest BCUT2D eigenvalue weighted by atomic mass is 16.5. The summed E-state index contributed by atoms with van der Waals surface area (Å²) in [7, 11) is 1.66. The summed E-state index contributed by atoms with van der Waals surface area (Å²) in [6.45, 7) is 7.83. The Kier molecular flexibility index (Phi) is 7.40. The van der Waals surface area contributed by atoms with Gasteiger partial charge in [-0.15, -0.1) is 0 Å². The number of methoxy groups -OCH3 is 1. The molecule has 2 N–H and O–H groups in total. The summed E-state index contributed by atoms with van der Waals surface area (Å²) in [5, 5.41) is 10.3. The van der Waals surface area contributed by atoms with Crippen LogP contribution < -0.4 is 5.32 Å². The topological polar surface area (TPSA) is 68.4 Å². The molecule has 6 heteroatoms. The van der Waals surface area contributed by atoms with Crippen LogP contribution in [0.15, 0.2) is 0 Å². The molecule has 0 saturated carbocycles. The van der Waals surface area contributed by atoms with E-state index in [0.29, 0.717) is 33.0 Å². The number of H-pyrrole nitrogens is 1. The van der Waals surface area contributed by atoms with E-state index in [1.54, 1.807) is 7.11 Å². The van der Waals surface area contributed by atoms with Crippen LogP contribution in [-0.4, -0.2) is 56.9 Å². The second kappa shape index (κ2) is 8.91. The average Bonchev–Trinajstić information content (AvgIpc) is 2.68. The van der Waals surface area contributed by atoms with Crippen LogP contribution in [0, 0.1) is 13.8 Å². The minimum atomic E-state index is 0.604. The molecule has 18 heavy (non-hydrogen) atoms. The number of aromatic amines is 1. The van der Waals surface area contributed by atoms with Crippen LogP contribution in [-0.2, 0) is 14.2 Å². The zero-order valence-electron chi connectivity index (χ0n) is 11.4. The standard InChI is InChI=1S/C12H23N3O3/c1-10-12(11(2)15-14-10)13-4-5-17-8-9-18-7-6-16-3/h13H,4-9H2,1-3H3,(H,14,15). The molecule has 0 radical (unpaired) electrons. The van der Waals surface area contributed by atoms with E-state index in [-0.39, 0.29) is 0 Å². The Morgan fingerprint density at radius 3 is 2.33 bits per heavy atom. The largest absolute Gasteiger partial charge is 0.382 e. The van der Waals surface area contributed by atoms with Gasteiger partial charge in [0.15, 0.2) is 0 Å². The van der Waals surface area contributed by atoms with Gasteiger partial charge in [-0.25, -0.2) is 0 Å². The van der Waals surface area contributed by atoms with Crippen molar-refractivity contribution in [2.45, 2.75) is 13.8 Å².